The lowest BCUT2D eigenvalue weighted by Crippen LogP contribution is -2.47. The molecule has 0 fully saturated rings. The number of hydrogen-bond donors (Lipinski definition) is 2. The maximum absolute atomic E-state index is 4.31. The lowest BCUT2D eigenvalue weighted by atomic mass is 9.93. The molecule has 1 heterocycles. The maximum atomic E-state index is 4.31. The van der Waals surface area contributed by atoms with Gasteiger partial charge in [0, 0.05) is 25.8 Å². The maximum Gasteiger partial charge on any atom is 0.191 e. The lowest BCUT2D eigenvalue weighted by molar-refractivity contribution is 0.200. The molecular formula is C17H32IN5. The molecule has 132 valence electrons. The van der Waals surface area contributed by atoms with Crippen molar-refractivity contribution in [3.05, 3.63) is 30.1 Å². The number of halogens is 1. The SMILES string of the molecule is CCC(CC)C(CNC(=NC)NCc1ccccn1)N(C)C.I. The summed E-state index contributed by atoms with van der Waals surface area (Å²) in [6, 6.07) is 6.43. The van der Waals surface area contributed by atoms with Crippen LogP contribution < -0.4 is 10.6 Å². The van der Waals surface area contributed by atoms with Gasteiger partial charge in [-0.25, -0.2) is 0 Å². The van der Waals surface area contributed by atoms with Crippen molar-refractivity contribution in [1.29, 1.82) is 0 Å². The largest absolute Gasteiger partial charge is 0.355 e. The highest BCUT2D eigenvalue weighted by molar-refractivity contribution is 14.0. The summed E-state index contributed by atoms with van der Waals surface area (Å²) in [5.74, 6) is 1.51. The summed E-state index contributed by atoms with van der Waals surface area (Å²) in [5, 5.41) is 6.75. The Hall–Kier alpha value is -0.890. The van der Waals surface area contributed by atoms with Crippen LogP contribution in [-0.2, 0) is 6.54 Å². The molecule has 6 heteroatoms. The number of hydrogen-bond acceptors (Lipinski definition) is 3. The highest BCUT2D eigenvalue weighted by atomic mass is 127. The monoisotopic (exact) mass is 433 g/mol. The van der Waals surface area contributed by atoms with E-state index in [-0.39, 0.29) is 24.0 Å². The first-order valence-corrected chi connectivity index (χ1v) is 8.13. The number of guanidine groups is 1. The fourth-order valence-electron chi connectivity index (χ4n) is 2.70. The number of aromatic nitrogens is 1. The van der Waals surface area contributed by atoms with Gasteiger partial charge in [-0.3, -0.25) is 9.98 Å². The van der Waals surface area contributed by atoms with E-state index in [0.29, 0.717) is 18.5 Å². The molecule has 5 nitrogen and oxygen atoms in total. The summed E-state index contributed by atoms with van der Waals surface area (Å²) in [5.41, 5.74) is 1.01. The summed E-state index contributed by atoms with van der Waals surface area (Å²) in [7, 11) is 6.10. The highest BCUT2D eigenvalue weighted by Crippen LogP contribution is 2.16. The minimum absolute atomic E-state index is 0. The molecule has 0 aliphatic rings. The molecule has 0 saturated carbocycles. The van der Waals surface area contributed by atoms with Crippen molar-refractivity contribution in [1.82, 2.24) is 20.5 Å². The van der Waals surface area contributed by atoms with Gasteiger partial charge in [0.25, 0.3) is 0 Å². The van der Waals surface area contributed by atoms with Crippen molar-refractivity contribution >= 4 is 29.9 Å². The summed E-state index contributed by atoms with van der Waals surface area (Å²) in [6.45, 7) is 6.09. The van der Waals surface area contributed by atoms with Crippen molar-refractivity contribution in [2.45, 2.75) is 39.3 Å². The highest BCUT2D eigenvalue weighted by Gasteiger charge is 2.20. The Morgan fingerprint density at radius 3 is 2.39 bits per heavy atom. The summed E-state index contributed by atoms with van der Waals surface area (Å²) in [6.07, 6.45) is 4.20. The quantitative estimate of drug-likeness (QED) is 0.376. The average molecular weight is 433 g/mol. The van der Waals surface area contributed by atoms with Gasteiger partial charge in [-0.2, -0.15) is 0 Å². The van der Waals surface area contributed by atoms with E-state index >= 15 is 0 Å². The Balaban J connectivity index is 0.00000484. The van der Waals surface area contributed by atoms with Crippen LogP contribution in [0.4, 0.5) is 0 Å². The second-order valence-electron chi connectivity index (χ2n) is 5.74. The topological polar surface area (TPSA) is 52.6 Å². The van der Waals surface area contributed by atoms with Crippen molar-refractivity contribution in [3.63, 3.8) is 0 Å². The van der Waals surface area contributed by atoms with Gasteiger partial charge in [0.05, 0.1) is 12.2 Å². The molecule has 0 radical (unpaired) electrons. The minimum Gasteiger partial charge on any atom is -0.355 e. The van der Waals surface area contributed by atoms with Crippen LogP contribution in [0.1, 0.15) is 32.4 Å². The van der Waals surface area contributed by atoms with Crippen molar-refractivity contribution < 1.29 is 0 Å². The molecule has 0 saturated heterocycles. The molecule has 1 rings (SSSR count). The molecule has 0 bridgehead atoms. The van der Waals surface area contributed by atoms with Gasteiger partial charge in [-0.15, -0.1) is 24.0 Å². The summed E-state index contributed by atoms with van der Waals surface area (Å²) >= 11 is 0. The van der Waals surface area contributed by atoms with Crippen LogP contribution in [0.5, 0.6) is 0 Å². The number of likely N-dealkylation sites (N-methyl/N-ethyl adjacent to an activating group) is 1. The van der Waals surface area contributed by atoms with E-state index in [2.05, 4.69) is 53.5 Å². The van der Waals surface area contributed by atoms with Crippen LogP contribution in [0.3, 0.4) is 0 Å². The zero-order chi connectivity index (χ0) is 16.4. The van der Waals surface area contributed by atoms with E-state index in [9.17, 15) is 0 Å². The second-order valence-corrected chi connectivity index (χ2v) is 5.74. The number of nitrogens with one attached hydrogen (secondary N) is 2. The first-order valence-electron chi connectivity index (χ1n) is 8.13. The van der Waals surface area contributed by atoms with Gasteiger partial charge in [0.1, 0.15) is 0 Å². The van der Waals surface area contributed by atoms with Crippen LogP contribution in [0.25, 0.3) is 0 Å². The zero-order valence-electron chi connectivity index (χ0n) is 15.0. The van der Waals surface area contributed by atoms with Gasteiger partial charge >= 0.3 is 0 Å². The van der Waals surface area contributed by atoms with Gasteiger partial charge < -0.3 is 15.5 Å². The Labute approximate surface area is 158 Å². The number of aliphatic imine (C=N–C) groups is 1. The average Bonchev–Trinajstić information content (AvgIpc) is 2.54. The van der Waals surface area contributed by atoms with E-state index in [1.54, 1.807) is 7.05 Å². The van der Waals surface area contributed by atoms with Gasteiger partial charge in [0.2, 0.25) is 0 Å². The third kappa shape index (κ3) is 7.97. The predicted octanol–water partition coefficient (Wildman–Crippen LogP) is 2.73. The van der Waals surface area contributed by atoms with Crippen LogP contribution in [-0.4, -0.2) is 49.6 Å². The van der Waals surface area contributed by atoms with Crippen LogP contribution >= 0.6 is 24.0 Å². The molecule has 0 aromatic carbocycles. The van der Waals surface area contributed by atoms with Crippen molar-refractivity contribution in [2.75, 3.05) is 27.7 Å². The number of rotatable bonds is 8. The van der Waals surface area contributed by atoms with Gasteiger partial charge in [-0.05, 0) is 32.1 Å². The van der Waals surface area contributed by atoms with E-state index in [4.69, 9.17) is 0 Å². The Morgan fingerprint density at radius 1 is 1.22 bits per heavy atom. The second kappa shape index (κ2) is 12.5. The molecule has 0 amide bonds. The van der Waals surface area contributed by atoms with E-state index < -0.39 is 0 Å². The van der Waals surface area contributed by atoms with Crippen LogP contribution in [0.15, 0.2) is 29.4 Å². The molecular weight excluding hydrogens is 401 g/mol. The molecule has 1 unspecified atom stereocenters. The lowest BCUT2D eigenvalue weighted by Gasteiger charge is -2.32. The van der Waals surface area contributed by atoms with Crippen LogP contribution in [0, 0.1) is 5.92 Å². The Kier molecular flexibility index (Phi) is 12.0. The summed E-state index contributed by atoms with van der Waals surface area (Å²) in [4.78, 5) is 10.9. The summed E-state index contributed by atoms with van der Waals surface area (Å²) < 4.78 is 0. The molecule has 0 aliphatic heterocycles. The zero-order valence-corrected chi connectivity index (χ0v) is 17.4. The van der Waals surface area contributed by atoms with Gasteiger partial charge in [0.15, 0.2) is 5.96 Å². The standard InChI is InChI=1S/C17H31N5.HI/c1-6-14(7-2)16(22(4)5)13-21-17(18-3)20-12-15-10-8-9-11-19-15;/h8-11,14,16H,6-7,12-13H2,1-5H3,(H2,18,20,21);1H. The molecule has 0 aliphatic carbocycles. The first kappa shape index (κ1) is 22.1. The third-order valence-corrected chi connectivity index (χ3v) is 4.12. The predicted molar refractivity (Wildman–Crippen MR) is 109 cm³/mol. The van der Waals surface area contributed by atoms with Gasteiger partial charge in [-0.1, -0.05) is 32.8 Å². The molecule has 23 heavy (non-hydrogen) atoms. The molecule has 2 N–H and O–H groups in total. The fourth-order valence-corrected chi connectivity index (χ4v) is 2.70. The minimum atomic E-state index is 0. The fraction of sp³-hybridized carbons (Fsp3) is 0.647. The Bertz CT molecular complexity index is 432. The van der Waals surface area contributed by atoms with Crippen molar-refractivity contribution in [3.8, 4) is 0 Å². The number of pyridine rings is 1. The van der Waals surface area contributed by atoms with E-state index in [1.165, 1.54) is 12.8 Å². The molecule has 1 aromatic rings. The van der Waals surface area contributed by atoms with Crippen molar-refractivity contribution in [2.24, 2.45) is 10.9 Å². The Morgan fingerprint density at radius 2 is 1.91 bits per heavy atom. The van der Waals surface area contributed by atoms with E-state index in [1.807, 2.05) is 24.4 Å². The molecule has 0 spiro atoms. The molecule has 1 atom stereocenters. The first-order chi connectivity index (χ1) is 10.6. The smallest absolute Gasteiger partial charge is 0.191 e. The van der Waals surface area contributed by atoms with Crippen LogP contribution in [0.2, 0.25) is 0 Å². The van der Waals surface area contributed by atoms with E-state index in [0.717, 1.165) is 18.2 Å². The normalized spacial score (nSPS) is 12.9. The molecule has 1 aromatic heterocycles. The third-order valence-electron chi connectivity index (χ3n) is 4.12. The number of nitrogens with zero attached hydrogens (tertiary/aromatic N) is 3.